The van der Waals surface area contributed by atoms with Gasteiger partial charge in [-0.2, -0.15) is 13.9 Å². The van der Waals surface area contributed by atoms with Crippen molar-refractivity contribution >= 4 is 5.91 Å². The van der Waals surface area contributed by atoms with Crippen LogP contribution in [-0.4, -0.2) is 57.6 Å². The SMILES string of the molecule is O=C(N[C@H]1COc2ccc(-c3cnccn3)cc2C1)c1cc2n(n1)C[C@H](CCOC(F)F)O2. The van der Waals surface area contributed by atoms with Crippen molar-refractivity contribution in [3.8, 4) is 22.9 Å². The van der Waals surface area contributed by atoms with E-state index < -0.39 is 6.61 Å². The number of fused-ring (bicyclic) bond motifs is 2. The number of alkyl halides is 2. The quantitative estimate of drug-likeness (QED) is 0.582. The summed E-state index contributed by atoms with van der Waals surface area (Å²) < 4.78 is 41.5. The van der Waals surface area contributed by atoms with Crippen molar-refractivity contribution in [2.75, 3.05) is 13.2 Å². The normalized spacial score (nSPS) is 18.9. The molecule has 0 saturated heterocycles. The van der Waals surface area contributed by atoms with Crippen LogP contribution in [0.5, 0.6) is 11.6 Å². The molecule has 0 saturated carbocycles. The molecule has 2 aromatic heterocycles. The van der Waals surface area contributed by atoms with Crippen molar-refractivity contribution in [3.63, 3.8) is 0 Å². The zero-order valence-electron chi connectivity index (χ0n) is 17.5. The van der Waals surface area contributed by atoms with E-state index >= 15 is 0 Å². The summed E-state index contributed by atoms with van der Waals surface area (Å²) in [6.07, 6.45) is 5.56. The first-order chi connectivity index (χ1) is 16.0. The molecule has 0 unspecified atom stereocenters. The number of hydrogen-bond donors (Lipinski definition) is 1. The molecule has 9 nitrogen and oxygen atoms in total. The van der Waals surface area contributed by atoms with Crippen LogP contribution < -0.4 is 14.8 Å². The van der Waals surface area contributed by atoms with Gasteiger partial charge in [0, 0.05) is 30.4 Å². The van der Waals surface area contributed by atoms with Gasteiger partial charge >= 0.3 is 6.61 Å². The molecule has 0 aliphatic carbocycles. The molecule has 4 heterocycles. The number of ether oxygens (including phenoxy) is 3. The molecule has 11 heteroatoms. The van der Waals surface area contributed by atoms with E-state index in [1.807, 2.05) is 18.2 Å². The highest BCUT2D eigenvalue weighted by Crippen LogP contribution is 2.30. The van der Waals surface area contributed by atoms with E-state index in [-0.39, 0.29) is 30.4 Å². The molecule has 3 aromatic rings. The lowest BCUT2D eigenvalue weighted by Gasteiger charge is -2.26. The second kappa shape index (κ2) is 9.10. The molecule has 0 radical (unpaired) electrons. The van der Waals surface area contributed by atoms with E-state index in [0.29, 0.717) is 31.9 Å². The number of benzene rings is 1. The molecule has 2 aliphatic heterocycles. The van der Waals surface area contributed by atoms with Crippen LogP contribution in [0.2, 0.25) is 0 Å². The van der Waals surface area contributed by atoms with Crippen LogP contribution in [0.4, 0.5) is 8.78 Å². The zero-order valence-corrected chi connectivity index (χ0v) is 17.5. The van der Waals surface area contributed by atoms with E-state index in [4.69, 9.17) is 9.47 Å². The minimum absolute atomic E-state index is 0.109. The summed E-state index contributed by atoms with van der Waals surface area (Å²) in [5.41, 5.74) is 2.89. The Hall–Kier alpha value is -3.60. The molecule has 0 spiro atoms. The largest absolute Gasteiger partial charge is 0.491 e. The molecule has 2 atom stereocenters. The maximum absolute atomic E-state index is 12.7. The molecule has 1 aromatic carbocycles. The van der Waals surface area contributed by atoms with Crippen LogP contribution in [0.3, 0.4) is 0 Å². The standard InChI is InChI=1S/C22H21F2N5O4/c23-22(24)31-6-3-16-11-29-20(33-16)9-17(28-29)21(30)27-15-8-14-7-13(1-2-19(14)32-12-15)18-10-25-4-5-26-18/h1-2,4-5,7,9-10,15-16,22H,3,6,8,11-12H2,(H,27,30)/t15-,16+/m1/s1. The number of aromatic nitrogens is 4. The third-order valence-corrected chi connectivity index (χ3v) is 5.48. The summed E-state index contributed by atoms with van der Waals surface area (Å²) in [4.78, 5) is 21.2. The molecule has 2 aliphatic rings. The average Bonchev–Trinajstić information content (AvgIpc) is 3.38. The Kier molecular flexibility index (Phi) is 5.86. The number of carbonyl (C=O) groups excluding carboxylic acids is 1. The van der Waals surface area contributed by atoms with Crippen molar-refractivity contribution in [1.82, 2.24) is 25.1 Å². The fraction of sp³-hybridized carbons (Fsp3) is 0.364. The fourth-order valence-corrected chi connectivity index (χ4v) is 3.93. The van der Waals surface area contributed by atoms with Crippen LogP contribution >= 0.6 is 0 Å². The van der Waals surface area contributed by atoms with E-state index in [1.165, 1.54) is 0 Å². The minimum Gasteiger partial charge on any atom is -0.491 e. The lowest BCUT2D eigenvalue weighted by Crippen LogP contribution is -2.43. The molecule has 33 heavy (non-hydrogen) atoms. The second-order valence-corrected chi connectivity index (χ2v) is 7.81. The molecule has 1 N–H and O–H groups in total. The van der Waals surface area contributed by atoms with Crippen molar-refractivity contribution in [3.05, 3.63) is 54.1 Å². The number of hydrogen-bond acceptors (Lipinski definition) is 7. The van der Waals surface area contributed by atoms with Crippen LogP contribution in [0.1, 0.15) is 22.5 Å². The van der Waals surface area contributed by atoms with Crippen LogP contribution in [0, 0.1) is 0 Å². The first-order valence-electron chi connectivity index (χ1n) is 10.5. The van der Waals surface area contributed by atoms with Gasteiger partial charge in [-0.25, -0.2) is 4.68 Å². The van der Waals surface area contributed by atoms with Gasteiger partial charge in [-0.05, 0) is 30.2 Å². The van der Waals surface area contributed by atoms with Gasteiger partial charge in [-0.15, -0.1) is 0 Å². The summed E-state index contributed by atoms with van der Waals surface area (Å²) in [5, 5.41) is 7.24. The monoisotopic (exact) mass is 457 g/mol. The number of nitrogens with one attached hydrogen (secondary N) is 1. The van der Waals surface area contributed by atoms with E-state index in [2.05, 4.69) is 25.1 Å². The van der Waals surface area contributed by atoms with Gasteiger partial charge in [-0.1, -0.05) is 0 Å². The van der Waals surface area contributed by atoms with Crippen LogP contribution in [-0.2, 0) is 17.7 Å². The van der Waals surface area contributed by atoms with Gasteiger partial charge in [0.2, 0.25) is 5.88 Å². The molecular weight excluding hydrogens is 436 g/mol. The minimum atomic E-state index is -2.80. The first kappa shape index (κ1) is 21.3. The zero-order chi connectivity index (χ0) is 22.8. The van der Waals surface area contributed by atoms with Gasteiger partial charge < -0.3 is 19.5 Å². The summed E-state index contributed by atoms with van der Waals surface area (Å²) >= 11 is 0. The highest BCUT2D eigenvalue weighted by Gasteiger charge is 2.28. The molecule has 1 amide bonds. The first-order valence-corrected chi connectivity index (χ1v) is 10.5. The predicted octanol–water partition coefficient (Wildman–Crippen LogP) is 2.46. The Morgan fingerprint density at radius 3 is 3.00 bits per heavy atom. The molecular formula is C22H21F2N5O4. The maximum Gasteiger partial charge on any atom is 0.345 e. The molecule has 5 rings (SSSR count). The van der Waals surface area contributed by atoms with Crippen LogP contribution in [0.25, 0.3) is 11.3 Å². The Morgan fingerprint density at radius 1 is 1.30 bits per heavy atom. The Bertz CT molecular complexity index is 1120. The van der Waals surface area contributed by atoms with Crippen LogP contribution in [0.15, 0.2) is 42.9 Å². The third kappa shape index (κ3) is 4.77. The highest BCUT2D eigenvalue weighted by atomic mass is 19.3. The average molecular weight is 457 g/mol. The van der Waals surface area contributed by atoms with Gasteiger partial charge in [0.1, 0.15) is 18.5 Å². The van der Waals surface area contributed by atoms with Gasteiger partial charge in [-0.3, -0.25) is 14.8 Å². The number of nitrogens with zero attached hydrogens (tertiary/aromatic N) is 4. The van der Waals surface area contributed by atoms with E-state index in [0.717, 1.165) is 22.6 Å². The Morgan fingerprint density at radius 2 is 2.21 bits per heavy atom. The lowest BCUT2D eigenvalue weighted by molar-refractivity contribution is -0.132. The van der Waals surface area contributed by atoms with Crippen molar-refractivity contribution in [1.29, 1.82) is 0 Å². The number of rotatable bonds is 7. The van der Waals surface area contributed by atoms with E-state index in [9.17, 15) is 13.6 Å². The number of carbonyl (C=O) groups is 1. The molecule has 0 bridgehead atoms. The maximum atomic E-state index is 12.7. The van der Waals surface area contributed by atoms with Crippen molar-refractivity contribution in [2.24, 2.45) is 0 Å². The van der Waals surface area contributed by atoms with Gasteiger partial charge in [0.25, 0.3) is 5.91 Å². The third-order valence-electron chi connectivity index (χ3n) is 5.48. The highest BCUT2D eigenvalue weighted by molar-refractivity contribution is 5.92. The summed E-state index contributed by atoms with van der Waals surface area (Å²) in [5.74, 6) is 0.880. The second-order valence-electron chi connectivity index (χ2n) is 7.81. The predicted molar refractivity (Wildman–Crippen MR) is 111 cm³/mol. The lowest BCUT2D eigenvalue weighted by atomic mass is 9.99. The molecule has 0 fully saturated rings. The number of halogens is 2. The summed E-state index contributed by atoms with van der Waals surface area (Å²) in [6, 6.07) is 7.15. The topological polar surface area (TPSA) is 100 Å². The summed E-state index contributed by atoms with van der Waals surface area (Å²) in [6.45, 7) is -2.18. The van der Waals surface area contributed by atoms with Gasteiger partial charge in [0.05, 0.1) is 31.1 Å². The van der Waals surface area contributed by atoms with Crippen molar-refractivity contribution < 1.29 is 27.8 Å². The summed E-state index contributed by atoms with van der Waals surface area (Å²) in [7, 11) is 0. The molecule has 172 valence electrons. The van der Waals surface area contributed by atoms with E-state index in [1.54, 1.807) is 29.3 Å². The Balaban J connectivity index is 1.19. The van der Waals surface area contributed by atoms with Crippen molar-refractivity contribution in [2.45, 2.75) is 38.1 Å². The fourth-order valence-electron chi connectivity index (χ4n) is 3.93. The number of amides is 1. The van der Waals surface area contributed by atoms with Gasteiger partial charge in [0.15, 0.2) is 5.69 Å². The Labute approximate surface area is 187 Å². The smallest absolute Gasteiger partial charge is 0.345 e.